The molecule has 18 aromatic carbocycles. The lowest BCUT2D eigenvalue weighted by Gasteiger charge is -2.48. The van der Waals surface area contributed by atoms with E-state index in [0.717, 1.165) is 63.8 Å². The highest BCUT2D eigenvalue weighted by Gasteiger charge is 2.54. The third kappa shape index (κ3) is 11.9. The second-order valence-electron chi connectivity index (χ2n) is 33.9. The Morgan fingerprint density at radius 3 is 0.858 bits per heavy atom. The van der Waals surface area contributed by atoms with Crippen molar-refractivity contribution in [2.75, 3.05) is 39.2 Å². The van der Waals surface area contributed by atoms with Crippen LogP contribution in [0, 0.1) is 46.5 Å². The maximum atomic E-state index is 18.9. The van der Waals surface area contributed by atoms with Crippen molar-refractivity contribution in [1.29, 1.82) is 0 Å². The van der Waals surface area contributed by atoms with E-state index in [9.17, 15) is 0 Å². The molecule has 0 aliphatic carbocycles. The molecule has 0 saturated heterocycles. The molecular weight excluding hydrogens is 1720 g/mol. The van der Waals surface area contributed by atoms with Gasteiger partial charge in [0.2, 0.25) is 0 Å². The van der Waals surface area contributed by atoms with Crippen molar-refractivity contribution in [3.05, 3.63) is 441 Å². The minimum absolute atomic E-state index is 0.129. The first-order valence-electron chi connectivity index (χ1n) is 44.0. The van der Waals surface area contributed by atoms with Gasteiger partial charge in [-0.15, -0.1) is 22.7 Å². The van der Waals surface area contributed by atoms with E-state index in [1.165, 1.54) is 93.9 Å². The maximum absolute atomic E-state index is 18.9. The quantitative estimate of drug-likeness (QED) is 0.0781. The van der Waals surface area contributed by atoms with Gasteiger partial charge in [-0.25, -0.2) is 35.1 Å². The number of anilines is 24. The van der Waals surface area contributed by atoms with Crippen molar-refractivity contribution < 1.29 is 39.9 Å². The molecule has 8 heterocycles. The molecule has 9 nitrogen and oxygen atoms in total. The Hall–Kier alpha value is -16.3. The van der Waals surface area contributed by atoms with E-state index >= 15 is 35.1 Å². The van der Waals surface area contributed by atoms with Gasteiger partial charge in [-0.3, -0.25) is 0 Å². The molecule has 0 bridgehead atoms. The lowest BCUT2D eigenvalue weighted by molar-refractivity contribution is 0.495. The molecule has 22 heteroatoms. The summed E-state index contributed by atoms with van der Waals surface area (Å²) in [5, 5.41) is 1.70. The summed E-state index contributed by atoms with van der Waals surface area (Å²) in [5.74, 6) is -6.87. The zero-order chi connectivity index (χ0) is 89.6. The van der Waals surface area contributed by atoms with Gasteiger partial charge in [0.1, 0.15) is 80.8 Å². The van der Waals surface area contributed by atoms with Crippen molar-refractivity contribution in [3.8, 4) is 11.5 Å². The van der Waals surface area contributed by atoms with Crippen molar-refractivity contribution in [3.63, 3.8) is 0 Å². The number of benzene rings is 18. The molecule has 0 spiro atoms. The molecule has 0 fully saturated rings. The summed E-state index contributed by atoms with van der Waals surface area (Å²) in [5.41, 5.74) is 10.9. The topological polar surface area (TPSA) is 35.2 Å². The minimum Gasteiger partial charge on any atom is -0.457 e. The average molecular weight is 1790 g/mol. The molecule has 636 valence electrons. The predicted molar refractivity (Wildman–Crippen MR) is 535 cm³/mol. The number of para-hydroxylation sites is 11. The van der Waals surface area contributed by atoms with Crippen LogP contribution in [-0.4, -0.2) is 20.1 Å². The van der Waals surface area contributed by atoms with Gasteiger partial charge in [0.05, 0.1) is 22.7 Å². The number of hydrogen-bond donors (Lipinski definition) is 0. The van der Waals surface area contributed by atoms with E-state index in [1.807, 2.05) is 302 Å². The van der Waals surface area contributed by atoms with Crippen LogP contribution in [0.25, 0.3) is 20.2 Å². The fourth-order valence-electron chi connectivity index (χ4n) is 21.3. The van der Waals surface area contributed by atoms with Crippen LogP contribution in [0.3, 0.4) is 0 Å². The molecule has 2 aromatic heterocycles. The number of nitrogens with zero attached hydrogens (tertiary/aromatic N) is 8. The maximum Gasteiger partial charge on any atom is 0.268 e. The van der Waals surface area contributed by atoms with E-state index in [-0.39, 0.29) is 34.1 Å². The molecule has 134 heavy (non-hydrogen) atoms. The van der Waals surface area contributed by atoms with Gasteiger partial charge in [0, 0.05) is 127 Å². The fraction of sp³-hybridized carbons (Fsp3) is 0. The second kappa shape index (κ2) is 30.7. The Kier molecular flexibility index (Phi) is 18.0. The molecule has 6 aliphatic rings. The minimum atomic E-state index is -1.21. The highest BCUT2D eigenvalue weighted by atomic mass is 32.1. The molecule has 20 aromatic rings. The highest BCUT2D eigenvalue weighted by molar-refractivity contribution is 7.34. The lowest BCUT2D eigenvalue weighted by atomic mass is 9.30. The molecule has 0 saturated carbocycles. The van der Waals surface area contributed by atoms with E-state index in [0.29, 0.717) is 95.2 Å². The zero-order valence-electron chi connectivity index (χ0n) is 70.6. The summed E-state index contributed by atoms with van der Waals surface area (Å²) in [6, 6.07) is 118. The van der Waals surface area contributed by atoms with Gasteiger partial charge < -0.3 is 43.9 Å². The van der Waals surface area contributed by atoms with Gasteiger partial charge in [-0.2, -0.15) is 0 Å². The summed E-state index contributed by atoms with van der Waals surface area (Å²) in [6.45, 7) is -2.92. The van der Waals surface area contributed by atoms with Crippen LogP contribution in [0.4, 0.5) is 172 Å². The van der Waals surface area contributed by atoms with Gasteiger partial charge in [0.25, 0.3) is 20.1 Å². The standard InChI is InChI=1S/C112H65B3F8N8OS2/c116-82-46-26-47-83(117)106(82)128-90-64-92-80(114-103-94(127(72-42-20-7-21-43-72)105-76-44-22-24-54-100(76)133-111(105)114)56-73(59-97(103)130(92)108-86(120)50-28-51-87(108)121)124(66-30-8-1-9-31-66)67-32-10-2-11-33-67)62-78(90)113-79-63-81-93(65-91(79)129(107-84(118)48-27-49-85(107)119)96-58-74(57-95(128)102(96)113)125(68-34-12-3-13-35-68)69-36-14-4-15-37-69)131(109-88(122)52-29-53-89(109)123)98-60-75(126(70-38-16-5-17-39-70)71-40-18-6-19-41-71)61-99-104(98)115(81)112-110(132-99)77-45-23-25-55-101(77)134-112/h1-65H. The number of halogens is 8. The molecule has 0 amide bonds. The third-order valence-electron chi connectivity index (χ3n) is 26.6. The molecule has 26 rings (SSSR count). The number of thiophene rings is 2. The smallest absolute Gasteiger partial charge is 0.268 e. The van der Waals surface area contributed by atoms with Crippen LogP contribution in [0.2, 0.25) is 0 Å². The van der Waals surface area contributed by atoms with E-state index in [1.54, 1.807) is 27.2 Å². The third-order valence-corrected chi connectivity index (χ3v) is 29.1. The fourth-order valence-corrected chi connectivity index (χ4v) is 23.9. The van der Waals surface area contributed by atoms with E-state index in [2.05, 4.69) is 32.9 Å². The molecule has 0 unspecified atom stereocenters. The Labute approximate surface area is 773 Å². The first-order chi connectivity index (χ1) is 65.8. The van der Waals surface area contributed by atoms with Gasteiger partial charge in [0.15, 0.2) is 0 Å². The average Bonchev–Trinajstić information content (AvgIpc) is 0.967. The van der Waals surface area contributed by atoms with Gasteiger partial charge >= 0.3 is 0 Å². The molecule has 0 N–H and O–H groups in total. The van der Waals surface area contributed by atoms with Crippen LogP contribution < -0.4 is 91.7 Å². The van der Waals surface area contributed by atoms with Gasteiger partial charge in [-0.05, 0) is 232 Å². The molecule has 6 aliphatic heterocycles. The zero-order valence-corrected chi connectivity index (χ0v) is 72.2. The van der Waals surface area contributed by atoms with Crippen LogP contribution in [0.15, 0.2) is 394 Å². The molecule has 0 radical (unpaired) electrons. The normalized spacial score (nSPS) is 13.2. The predicted octanol–water partition coefficient (Wildman–Crippen LogP) is 26.2. The number of rotatable bonds is 14. The summed E-state index contributed by atoms with van der Waals surface area (Å²) in [6.07, 6.45) is 0. The lowest BCUT2D eigenvalue weighted by Crippen LogP contribution is -2.66. The Bertz CT molecular complexity index is 8050. The van der Waals surface area contributed by atoms with Gasteiger partial charge in [-0.1, -0.05) is 194 Å². The van der Waals surface area contributed by atoms with Crippen LogP contribution in [-0.2, 0) is 0 Å². The number of fused-ring (bicyclic) bond motifs is 16. The first-order valence-corrected chi connectivity index (χ1v) is 45.6. The SMILES string of the molecule is Fc1cccc(F)c1N1c2cc3c(cc2B2c4sc5ccccc5c4Oc4cc(N(c5ccccc5)c5ccccc5)cc1c42)B1c2cc4c(cc2N(c2c(F)cccc2F)c2cc(N(c5ccccc5)c5ccccc5)cc(c21)N3c1c(F)cccc1F)N(c1c(F)cccc1F)c1cc(N(c2ccccc2)c2ccccc2)cc2c1B4c1sc3ccccc3c1N2c1ccccc1. The van der Waals surface area contributed by atoms with E-state index in [4.69, 9.17) is 4.74 Å². The number of ether oxygens (including phenoxy) is 1. The van der Waals surface area contributed by atoms with Crippen LogP contribution in [0.5, 0.6) is 11.5 Å². The number of hydrogen-bond acceptors (Lipinski definition) is 11. The summed E-state index contributed by atoms with van der Waals surface area (Å²) < 4.78 is 161. The van der Waals surface area contributed by atoms with Crippen molar-refractivity contribution in [2.45, 2.75) is 0 Å². The first kappa shape index (κ1) is 78.7. The summed E-state index contributed by atoms with van der Waals surface area (Å²) >= 11 is 3.08. The molecule has 0 atom stereocenters. The van der Waals surface area contributed by atoms with Crippen molar-refractivity contribution in [1.82, 2.24) is 0 Å². The van der Waals surface area contributed by atoms with E-state index < -0.39 is 89.4 Å². The largest absolute Gasteiger partial charge is 0.457 e. The summed E-state index contributed by atoms with van der Waals surface area (Å²) in [4.78, 5) is 14.6. The summed E-state index contributed by atoms with van der Waals surface area (Å²) in [7, 11) is 0. The van der Waals surface area contributed by atoms with Crippen molar-refractivity contribution >= 4 is 247 Å². The second-order valence-corrected chi connectivity index (χ2v) is 36.1. The Morgan fingerprint density at radius 1 is 0.216 bits per heavy atom. The Morgan fingerprint density at radius 2 is 0.493 bits per heavy atom. The monoisotopic (exact) mass is 1790 g/mol. The van der Waals surface area contributed by atoms with Crippen LogP contribution in [0.1, 0.15) is 0 Å². The molecular formula is C112H65B3F8N8OS2. The highest BCUT2D eigenvalue weighted by Crippen LogP contribution is 2.58. The van der Waals surface area contributed by atoms with Crippen LogP contribution >= 0.6 is 22.7 Å². The van der Waals surface area contributed by atoms with Crippen molar-refractivity contribution in [2.24, 2.45) is 0 Å². The Balaban J connectivity index is 0.837.